The zero-order chi connectivity index (χ0) is 28.3. The molecule has 4 rings (SSSR count). The molecule has 1 N–H and O–H groups in total. The molecule has 1 fully saturated rings. The van der Waals surface area contributed by atoms with Crippen molar-refractivity contribution in [2.24, 2.45) is 0 Å². The first-order valence-corrected chi connectivity index (χ1v) is 13.3. The Labute approximate surface area is 230 Å². The summed E-state index contributed by atoms with van der Waals surface area (Å²) in [6.45, 7) is 11.0. The van der Waals surface area contributed by atoms with E-state index in [2.05, 4.69) is 20.8 Å². The molecule has 6 nitrogen and oxygen atoms in total. The molecule has 1 unspecified atom stereocenters. The first-order chi connectivity index (χ1) is 18.5. The van der Waals surface area contributed by atoms with Crippen LogP contribution in [0.15, 0.2) is 72.3 Å². The van der Waals surface area contributed by atoms with E-state index in [9.17, 15) is 14.7 Å². The lowest BCUT2D eigenvalue weighted by atomic mass is 9.85. The predicted octanol–water partition coefficient (Wildman–Crippen LogP) is 6.36. The van der Waals surface area contributed by atoms with Gasteiger partial charge in [-0.05, 0) is 78.3 Å². The van der Waals surface area contributed by atoms with Crippen molar-refractivity contribution in [1.82, 2.24) is 4.90 Å². The van der Waals surface area contributed by atoms with E-state index >= 15 is 0 Å². The van der Waals surface area contributed by atoms with E-state index < -0.39 is 17.7 Å². The van der Waals surface area contributed by atoms with Crippen LogP contribution in [0, 0.1) is 6.92 Å². The molecule has 0 aliphatic carbocycles. The van der Waals surface area contributed by atoms with E-state index in [4.69, 9.17) is 9.47 Å². The van der Waals surface area contributed by atoms with Crippen molar-refractivity contribution >= 4 is 17.4 Å². The minimum atomic E-state index is -0.704. The summed E-state index contributed by atoms with van der Waals surface area (Å²) in [6, 6.07) is 20.2. The molecule has 1 aliphatic rings. The Kier molecular flexibility index (Phi) is 8.14. The van der Waals surface area contributed by atoms with E-state index in [1.807, 2.05) is 62.4 Å². The number of aryl methyl sites for hydroxylation is 1. The van der Waals surface area contributed by atoms with Gasteiger partial charge in [0.2, 0.25) is 0 Å². The summed E-state index contributed by atoms with van der Waals surface area (Å²) in [4.78, 5) is 28.4. The third-order valence-electron chi connectivity index (χ3n) is 7.18. The summed E-state index contributed by atoms with van der Waals surface area (Å²) in [6.07, 6.45) is 0.551. The van der Waals surface area contributed by atoms with Crippen LogP contribution in [-0.2, 0) is 21.4 Å². The number of hydrogen-bond donors (Lipinski definition) is 1. The molecule has 1 aliphatic heterocycles. The van der Waals surface area contributed by atoms with Gasteiger partial charge in [-0.1, -0.05) is 57.2 Å². The Bertz CT molecular complexity index is 1380. The number of methoxy groups -OCH3 is 1. The number of benzene rings is 3. The molecule has 6 heteroatoms. The largest absolute Gasteiger partial charge is 0.507 e. The molecular weight excluding hydrogens is 490 g/mol. The lowest BCUT2D eigenvalue weighted by molar-refractivity contribution is -0.139. The zero-order valence-corrected chi connectivity index (χ0v) is 23.6. The predicted molar refractivity (Wildman–Crippen MR) is 153 cm³/mol. The third kappa shape index (κ3) is 5.85. The molecule has 3 aromatic carbocycles. The average molecular weight is 528 g/mol. The number of carbonyl (C=O) groups excluding carboxylic acids is 2. The summed E-state index contributed by atoms with van der Waals surface area (Å²) in [5, 5.41) is 11.5. The maximum absolute atomic E-state index is 13.4. The van der Waals surface area contributed by atoms with Crippen molar-refractivity contribution in [3.8, 4) is 11.5 Å². The normalized spacial score (nSPS) is 17.0. The van der Waals surface area contributed by atoms with Gasteiger partial charge in [-0.15, -0.1) is 0 Å². The number of nitrogens with zero attached hydrogens (tertiary/aromatic N) is 1. The summed E-state index contributed by atoms with van der Waals surface area (Å²) < 4.78 is 10.9. The molecule has 39 heavy (non-hydrogen) atoms. The Morgan fingerprint density at radius 1 is 0.974 bits per heavy atom. The van der Waals surface area contributed by atoms with E-state index in [1.54, 1.807) is 30.2 Å². The number of amides is 1. The Morgan fingerprint density at radius 2 is 1.64 bits per heavy atom. The van der Waals surface area contributed by atoms with E-state index in [0.717, 1.165) is 28.0 Å². The van der Waals surface area contributed by atoms with Crippen LogP contribution in [0.5, 0.6) is 11.5 Å². The van der Waals surface area contributed by atoms with Crippen molar-refractivity contribution in [2.45, 2.75) is 52.5 Å². The highest BCUT2D eigenvalue weighted by molar-refractivity contribution is 6.46. The van der Waals surface area contributed by atoms with Crippen LogP contribution in [0.3, 0.4) is 0 Å². The number of Topliss-reactive ketones (excluding diaryl/α,β-unsaturated/α-hetero) is 1. The van der Waals surface area contributed by atoms with Crippen LogP contribution in [0.25, 0.3) is 5.76 Å². The Balaban J connectivity index is 1.77. The lowest BCUT2D eigenvalue weighted by Gasteiger charge is -2.26. The average Bonchev–Trinajstić information content (AvgIpc) is 3.17. The number of rotatable bonds is 8. The minimum Gasteiger partial charge on any atom is -0.507 e. The van der Waals surface area contributed by atoms with Crippen molar-refractivity contribution in [2.75, 3.05) is 20.3 Å². The fraction of sp³-hybridized carbons (Fsp3) is 0.333. The molecule has 0 radical (unpaired) electrons. The van der Waals surface area contributed by atoms with E-state index in [1.165, 1.54) is 0 Å². The number of ketones is 1. The van der Waals surface area contributed by atoms with Gasteiger partial charge in [0, 0.05) is 12.1 Å². The number of hydrogen-bond acceptors (Lipinski definition) is 5. The van der Waals surface area contributed by atoms with Gasteiger partial charge in [0.15, 0.2) is 0 Å². The maximum atomic E-state index is 13.4. The van der Waals surface area contributed by atoms with Gasteiger partial charge < -0.3 is 19.5 Å². The smallest absolute Gasteiger partial charge is 0.295 e. The minimum absolute atomic E-state index is 0.0471. The Morgan fingerprint density at radius 3 is 2.21 bits per heavy atom. The van der Waals surface area contributed by atoms with Crippen LogP contribution in [-0.4, -0.2) is 42.0 Å². The van der Waals surface area contributed by atoms with Gasteiger partial charge in [0.1, 0.15) is 17.3 Å². The van der Waals surface area contributed by atoms with Crippen molar-refractivity contribution in [3.05, 3.63) is 100 Å². The number of likely N-dealkylation sites (tertiary alicyclic amines) is 1. The molecule has 1 atom stereocenters. The number of ether oxygens (including phenoxy) is 2. The van der Waals surface area contributed by atoms with E-state index in [-0.39, 0.29) is 16.7 Å². The first-order valence-electron chi connectivity index (χ1n) is 13.3. The second kappa shape index (κ2) is 11.4. The molecule has 0 aromatic heterocycles. The zero-order valence-electron chi connectivity index (χ0n) is 23.6. The number of carbonyl (C=O) groups is 2. The topological polar surface area (TPSA) is 76.1 Å². The molecule has 204 valence electrons. The highest BCUT2D eigenvalue weighted by Crippen LogP contribution is 2.40. The van der Waals surface area contributed by atoms with E-state index in [0.29, 0.717) is 30.9 Å². The quantitative estimate of drug-likeness (QED) is 0.209. The second-order valence-electron chi connectivity index (χ2n) is 10.9. The van der Waals surface area contributed by atoms with Crippen LogP contribution in [0.4, 0.5) is 0 Å². The van der Waals surface area contributed by atoms with Crippen molar-refractivity contribution < 1.29 is 24.2 Å². The number of aliphatic hydroxyl groups is 1. The highest BCUT2D eigenvalue weighted by Gasteiger charge is 2.46. The van der Waals surface area contributed by atoms with Gasteiger partial charge in [0.25, 0.3) is 11.7 Å². The SMILES string of the molecule is CCOc1ccc(/C(O)=C2/C(=O)C(=O)N(CCc3ccc(OC)cc3)C2c2ccc(C(C)(C)C)cc2)cc1C. The molecule has 0 spiro atoms. The fourth-order valence-electron chi connectivity index (χ4n) is 4.93. The molecule has 1 heterocycles. The third-order valence-corrected chi connectivity index (χ3v) is 7.18. The molecule has 0 saturated carbocycles. The molecule has 0 bridgehead atoms. The summed E-state index contributed by atoms with van der Waals surface area (Å²) in [7, 11) is 1.62. The lowest BCUT2D eigenvalue weighted by Crippen LogP contribution is -2.31. The summed E-state index contributed by atoms with van der Waals surface area (Å²) in [5.74, 6) is -0.0141. The summed E-state index contributed by atoms with van der Waals surface area (Å²) in [5.41, 5.74) is 4.29. The number of aliphatic hydroxyl groups excluding tert-OH is 1. The first kappa shape index (κ1) is 28.0. The standard InChI is InChI=1S/C33H37NO5/c1-7-39-27-17-12-24(20-21(27)2)30(35)28-29(23-10-13-25(14-11-23)33(3,4)5)34(32(37)31(28)36)19-18-22-8-15-26(38-6)16-9-22/h8-17,20,29,35H,7,18-19H2,1-6H3/b30-28-. The highest BCUT2D eigenvalue weighted by atomic mass is 16.5. The van der Waals surface area contributed by atoms with Gasteiger partial charge in [-0.2, -0.15) is 0 Å². The van der Waals surface area contributed by atoms with Gasteiger partial charge in [-0.3, -0.25) is 9.59 Å². The van der Waals surface area contributed by atoms with Gasteiger partial charge >= 0.3 is 0 Å². The van der Waals surface area contributed by atoms with Crippen LogP contribution < -0.4 is 9.47 Å². The van der Waals surface area contributed by atoms with Gasteiger partial charge in [0.05, 0.1) is 25.3 Å². The van der Waals surface area contributed by atoms with Crippen LogP contribution >= 0.6 is 0 Å². The van der Waals surface area contributed by atoms with Gasteiger partial charge in [-0.25, -0.2) is 0 Å². The maximum Gasteiger partial charge on any atom is 0.295 e. The molecular formula is C33H37NO5. The molecule has 3 aromatic rings. The van der Waals surface area contributed by atoms with Crippen molar-refractivity contribution in [3.63, 3.8) is 0 Å². The van der Waals surface area contributed by atoms with Crippen LogP contribution in [0.2, 0.25) is 0 Å². The van der Waals surface area contributed by atoms with Crippen molar-refractivity contribution in [1.29, 1.82) is 0 Å². The Hall–Kier alpha value is -4.06. The second-order valence-corrected chi connectivity index (χ2v) is 10.9. The fourth-order valence-corrected chi connectivity index (χ4v) is 4.93. The van der Waals surface area contributed by atoms with Crippen LogP contribution in [0.1, 0.15) is 61.6 Å². The summed E-state index contributed by atoms with van der Waals surface area (Å²) >= 11 is 0. The molecule has 1 saturated heterocycles. The molecule has 1 amide bonds. The monoisotopic (exact) mass is 527 g/mol.